The van der Waals surface area contributed by atoms with E-state index in [4.69, 9.17) is 5.26 Å². The van der Waals surface area contributed by atoms with E-state index in [1.165, 1.54) is 16.8 Å². The summed E-state index contributed by atoms with van der Waals surface area (Å²) < 4.78 is 40.8. The van der Waals surface area contributed by atoms with Gasteiger partial charge in [-0.3, -0.25) is 0 Å². The van der Waals surface area contributed by atoms with Gasteiger partial charge >= 0.3 is 6.18 Å². The van der Waals surface area contributed by atoms with Crippen molar-refractivity contribution in [3.05, 3.63) is 54.9 Å². The van der Waals surface area contributed by atoms with Crippen molar-refractivity contribution in [2.24, 2.45) is 0 Å². The Morgan fingerprint density at radius 3 is 2.71 bits per heavy atom. The molecular weight excluding hydrogens is 371 g/mol. The Balaban J connectivity index is 1.64. The number of H-pyrrole nitrogens is 1. The Kier molecular flexibility index (Phi) is 4.27. The van der Waals surface area contributed by atoms with E-state index in [9.17, 15) is 13.2 Å². The largest absolute Gasteiger partial charge is 0.396 e. The summed E-state index contributed by atoms with van der Waals surface area (Å²) >= 11 is 0. The lowest BCUT2D eigenvalue weighted by atomic mass is 9.97. The van der Waals surface area contributed by atoms with E-state index >= 15 is 0 Å². The molecule has 0 aromatic carbocycles. The normalized spacial score (nSPS) is 12.8. The lowest BCUT2D eigenvalue weighted by Gasteiger charge is -2.17. The predicted octanol–water partition coefficient (Wildman–Crippen LogP) is 3.77. The molecule has 4 rings (SSSR count). The van der Waals surface area contributed by atoms with Gasteiger partial charge in [-0.25, -0.2) is 19.6 Å². The van der Waals surface area contributed by atoms with Gasteiger partial charge in [-0.15, -0.1) is 0 Å². The molecule has 4 heterocycles. The summed E-state index contributed by atoms with van der Waals surface area (Å²) in [5.74, 6) is -1.50. The summed E-state index contributed by atoms with van der Waals surface area (Å²) in [4.78, 5) is 15.4. The maximum absolute atomic E-state index is 13.1. The van der Waals surface area contributed by atoms with E-state index in [2.05, 4.69) is 25.0 Å². The first-order valence-corrected chi connectivity index (χ1v) is 8.20. The first kappa shape index (κ1) is 17.7. The second kappa shape index (κ2) is 6.77. The fraction of sp³-hybridized carbons (Fsp3) is 0.167. The van der Waals surface area contributed by atoms with Crippen LogP contribution < -0.4 is 0 Å². The van der Waals surface area contributed by atoms with Crippen LogP contribution in [-0.4, -0.2) is 35.9 Å². The predicted molar refractivity (Wildman–Crippen MR) is 93.3 cm³/mol. The number of hydrogen-bond acceptors (Lipinski definition) is 5. The molecule has 0 aliphatic rings. The van der Waals surface area contributed by atoms with Gasteiger partial charge in [-0.2, -0.15) is 23.5 Å². The molecule has 0 fully saturated rings. The molecule has 28 heavy (non-hydrogen) atoms. The van der Waals surface area contributed by atoms with Crippen LogP contribution in [0.2, 0.25) is 0 Å². The number of nitriles is 1. The average molecular weight is 383 g/mol. The van der Waals surface area contributed by atoms with Crippen molar-refractivity contribution in [3.63, 3.8) is 0 Å². The summed E-state index contributed by atoms with van der Waals surface area (Å²) in [5.41, 5.74) is 2.90. The number of halogens is 3. The third-order valence-corrected chi connectivity index (χ3v) is 4.32. The molecular formula is C18H12F3N7. The summed E-state index contributed by atoms with van der Waals surface area (Å²) in [6, 6.07) is 6.15. The summed E-state index contributed by atoms with van der Waals surface area (Å²) in [7, 11) is 0. The highest BCUT2D eigenvalue weighted by Crippen LogP contribution is 2.37. The monoisotopic (exact) mass is 383 g/mol. The van der Waals surface area contributed by atoms with E-state index in [-0.39, 0.29) is 5.56 Å². The average Bonchev–Trinajstić information content (AvgIpc) is 3.34. The first-order chi connectivity index (χ1) is 13.5. The fourth-order valence-electron chi connectivity index (χ4n) is 2.93. The van der Waals surface area contributed by atoms with Gasteiger partial charge in [0, 0.05) is 29.7 Å². The first-order valence-electron chi connectivity index (χ1n) is 8.20. The molecule has 10 heteroatoms. The number of imidazole rings is 1. The number of alkyl halides is 3. The zero-order valence-corrected chi connectivity index (χ0v) is 14.2. The van der Waals surface area contributed by atoms with E-state index in [0.717, 1.165) is 22.8 Å². The van der Waals surface area contributed by atoms with Gasteiger partial charge in [-0.05, 0) is 17.7 Å². The molecule has 7 nitrogen and oxygen atoms in total. The van der Waals surface area contributed by atoms with Crippen LogP contribution in [0, 0.1) is 11.3 Å². The summed E-state index contributed by atoms with van der Waals surface area (Å²) in [6.45, 7) is 0. The highest BCUT2D eigenvalue weighted by Gasteiger charge is 2.40. The standard InChI is InChI=1S/C18H12F3N7/c19-18(20,21)14(3-5-22)11-1-2-15(24-7-11)28-9-12(8-27-28)13-4-6-23-17-16(13)25-10-26-17/h1-2,4,6-10,14H,3H2,(H,23,25,26). The zero-order valence-electron chi connectivity index (χ0n) is 14.2. The van der Waals surface area contributed by atoms with Crippen LogP contribution in [0.1, 0.15) is 17.9 Å². The molecule has 0 spiro atoms. The highest BCUT2D eigenvalue weighted by molar-refractivity contribution is 5.88. The second-order valence-electron chi connectivity index (χ2n) is 6.04. The number of aromatic amines is 1. The number of nitrogens with zero attached hydrogens (tertiary/aromatic N) is 6. The van der Waals surface area contributed by atoms with Crippen LogP contribution in [0.5, 0.6) is 0 Å². The number of rotatable bonds is 4. The Hall–Kier alpha value is -3.74. The number of hydrogen-bond donors (Lipinski definition) is 1. The van der Waals surface area contributed by atoms with Crippen molar-refractivity contribution in [2.75, 3.05) is 0 Å². The van der Waals surface area contributed by atoms with Crippen molar-refractivity contribution in [3.8, 4) is 23.0 Å². The van der Waals surface area contributed by atoms with E-state index < -0.39 is 18.5 Å². The Morgan fingerprint density at radius 1 is 1.14 bits per heavy atom. The minimum atomic E-state index is -4.51. The van der Waals surface area contributed by atoms with Gasteiger partial charge < -0.3 is 4.98 Å². The zero-order chi connectivity index (χ0) is 19.7. The Morgan fingerprint density at radius 2 is 2.00 bits per heavy atom. The van der Waals surface area contributed by atoms with Gasteiger partial charge in [0.05, 0.1) is 36.4 Å². The third-order valence-electron chi connectivity index (χ3n) is 4.32. The van der Waals surface area contributed by atoms with Gasteiger partial charge in [0.25, 0.3) is 0 Å². The van der Waals surface area contributed by atoms with Crippen molar-refractivity contribution in [1.29, 1.82) is 5.26 Å². The number of pyridine rings is 2. The molecule has 1 N–H and O–H groups in total. The Labute approximate surface area is 156 Å². The summed E-state index contributed by atoms with van der Waals surface area (Å²) in [5, 5.41) is 12.9. The van der Waals surface area contributed by atoms with Crippen molar-refractivity contribution in [2.45, 2.75) is 18.5 Å². The molecule has 4 aromatic rings. The van der Waals surface area contributed by atoms with Crippen LogP contribution in [0.3, 0.4) is 0 Å². The van der Waals surface area contributed by atoms with Crippen LogP contribution in [0.25, 0.3) is 28.1 Å². The quantitative estimate of drug-likeness (QED) is 0.579. The van der Waals surface area contributed by atoms with Crippen LogP contribution >= 0.6 is 0 Å². The second-order valence-corrected chi connectivity index (χ2v) is 6.04. The molecule has 0 saturated carbocycles. The Bertz CT molecular complexity index is 1150. The van der Waals surface area contributed by atoms with Crippen molar-refractivity contribution in [1.82, 2.24) is 29.7 Å². The minimum absolute atomic E-state index is 0.0570. The lowest BCUT2D eigenvalue weighted by molar-refractivity contribution is -0.149. The van der Waals surface area contributed by atoms with Crippen LogP contribution in [-0.2, 0) is 0 Å². The van der Waals surface area contributed by atoms with Gasteiger partial charge in [0.15, 0.2) is 11.5 Å². The molecule has 4 aromatic heterocycles. The molecule has 0 aliphatic heterocycles. The SMILES string of the molecule is N#CCC(c1ccc(-n2cc(-c3ccnc4nc[nH]c34)cn2)nc1)C(F)(F)F. The summed E-state index contributed by atoms with van der Waals surface area (Å²) in [6.07, 6.45) is 2.49. The molecule has 0 saturated heterocycles. The maximum Gasteiger partial charge on any atom is 0.396 e. The van der Waals surface area contributed by atoms with Crippen LogP contribution in [0.15, 0.2) is 49.3 Å². The van der Waals surface area contributed by atoms with E-state index in [0.29, 0.717) is 11.5 Å². The van der Waals surface area contributed by atoms with Crippen molar-refractivity contribution < 1.29 is 13.2 Å². The third kappa shape index (κ3) is 3.18. The molecule has 1 unspecified atom stereocenters. The van der Waals surface area contributed by atoms with Gasteiger partial charge in [0.2, 0.25) is 0 Å². The molecule has 1 atom stereocenters. The molecule has 0 radical (unpaired) electrons. The molecule has 0 aliphatic carbocycles. The lowest BCUT2D eigenvalue weighted by Crippen LogP contribution is -2.20. The number of nitrogens with one attached hydrogen (secondary N) is 1. The van der Waals surface area contributed by atoms with Gasteiger partial charge in [0.1, 0.15) is 0 Å². The molecule has 0 bridgehead atoms. The number of fused-ring (bicyclic) bond motifs is 1. The van der Waals surface area contributed by atoms with Crippen molar-refractivity contribution >= 4 is 11.2 Å². The molecule has 0 amide bonds. The van der Waals surface area contributed by atoms with Crippen LogP contribution in [0.4, 0.5) is 13.2 Å². The fourth-order valence-corrected chi connectivity index (χ4v) is 2.93. The smallest absolute Gasteiger partial charge is 0.343 e. The number of aromatic nitrogens is 6. The molecule has 140 valence electrons. The maximum atomic E-state index is 13.1. The minimum Gasteiger partial charge on any atom is -0.343 e. The highest BCUT2D eigenvalue weighted by atomic mass is 19.4. The van der Waals surface area contributed by atoms with Gasteiger partial charge in [-0.1, -0.05) is 6.07 Å². The van der Waals surface area contributed by atoms with E-state index in [1.807, 2.05) is 6.07 Å². The topological polar surface area (TPSA) is 96.1 Å². The van der Waals surface area contributed by atoms with E-state index in [1.54, 1.807) is 31.0 Å².